The van der Waals surface area contributed by atoms with E-state index in [2.05, 4.69) is 0 Å². The summed E-state index contributed by atoms with van der Waals surface area (Å²) in [5, 5.41) is 0. The Morgan fingerprint density at radius 3 is 2.10 bits per heavy atom. The molecule has 0 aliphatic carbocycles. The van der Waals surface area contributed by atoms with Crippen molar-refractivity contribution < 1.29 is 13.2 Å². The highest BCUT2D eigenvalue weighted by atomic mass is 35.5. The molecule has 20 heavy (non-hydrogen) atoms. The van der Waals surface area contributed by atoms with Gasteiger partial charge in [-0.15, -0.1) is 12.4 Å². The number of hydrogen-bond acceptors (Lipinski definition) is 1. The molecule has 0 aliphatic heterocycles. The third kappa shape index (κ3) is 3.52. The second-order valence-corrected chi connectivity index (χ2v) is 4.44. The Bertz CT molecular complexity index is 577. The molecular formula is C15H15ClF3N. The summed E-state index contributed by atoms with van der Waals surface area (Å²) in [6.07, 6.45) is -4.34. The van der Waals surface area contributed by atoms with Crippen LogP contribution in [0, 0.1) is 6.92 Å². The smallest absolute Gasteiger partial charge is 0.326 e. The minimum Gasteiger partial charge on any atom is -0.326 e. The van der Waals surface area contributed by atoms with Crippen molar-refractivity contribution in [2.45, 2.75) is 19.6 Å². The van der Waals surface area contributed by atoms with E-state index in [1.54, 1.807) is 0 Å². The molecule has 0 aliphatic rings. The Labute approximate surface area is 122 Å². The van der Waals surface area contributed by atoms with Gasteiger partial charge in [0.25, 0.3) is 0 Å². The molecule has 0 spiro atoms. The van der Waals surface area contributed by atoms with Crippen LogP contribution in [0.25, 0.3) is 11.1 Å². The largest absolute Gasteiger partial charge is 0.416 e. The molecule has 0 bridgehead atoms. The fourth-order valence-corrected chi connectivity index (χ4v) is 1.95. The first-order valence-electron chi connectivity index (χ1n) is 5.89. The lowest BCUT2D eigenvalue weighted by molar-refractivity contribution is -0.137. The van der Waals surface area contributed by atoms with Crippen LogP contribution in [0.3, 0.4) is 0 Å². The van der Waals surface area contributed by atoms with Gasteiger partial charge in [0.1, 0.15) is 0 Å². The molecule has 0 aromatic heterocycles. The minimum absolute atomic E-state index is 0. The first-order valence-corrected chi connectivity index (χ1v) is 5.89. The van der Waals surface area contributed by atoms with E-state index in [1.807, 2.05) is 31.2 Å². The zero-order valence-electron chi connectivity index (χ0n) is 10.9. The second-order valence-electron chi connectivity index (χ2n) is 4.44. The number of nitrogens with two attached hydrogens (primary N) is 1. The molecule has 0 fully saturated rings. The molecule has 0 saturated heterocycles. The van der Waals surface area contributed by atoms with Crippen LogP contribution < -0.4 is 5.73 Å². The number of halogens is 4. The lowest BCUT2D eigenvalue weighted by atomic mass is 9.96. The summed E-state index contributed by atoms with van der Waals surface area (Å²) in [5.41, 5.74) is 8.12. The molecule has 0 saturated carbocycles. The van der Waals surface area contributed by atoms with Gasteiger partial charge in [0, 0.05) is 6.54 Å². The highest BCUT2D eigenvalue weighted by Crippen LogP contribution is 2.33. The zero-order chi connectivity index (χ0) is 14.0. The van der Waals surface area contributed by atoms with Gasteiger partial charge >= 0.3 is 6.18 Å². The summed E-state index contributed by atoms with van der Waals surface area (Å²) < 4.78 is 38.0. The van der Waals surface area contributed by atoms with Crippen molar-refractivity contribution in [1.29, 1.82) is 0 Å². The summed E-state index contributed by atoms with van der Waals surface area (Å²) in [6, 6.07) is 11.3. The van der Waals surface area contributed by atoms with Crippen LogP contribution in [-0.2, 0) is 12.7 Å². The Morgan fingerprint density at radius 2 is 1.60 bits per heavy atom. The molecule has 1 nitrogen and oxygen atoms in total. The van der Waals surface area contributed by atoms with E-state index in [0.29, 0.717) is 5.56 Å². The van der Waals surface area contributed by atoms with Gasteiger partial charge in [-0.25, -0.2) is 0 Å². The number of rotatable bonds is 2. The Hall–Kier alpha value is -1.52. The molecule has 0 heterocycles. The molecule has 2 aromatic carbocycles. The Morgan fingerprint density at radius 1 is 1.00 bits per heavy atom. The summed E-state index contributed by atoms with van der Waals surface area (Å²) in [7, 11) is 0. The number of benzene rings is 2. The van der Waals surface area contributed by atoms with E-state index in [9.17, 15) is 13.2 Å². The predicted molar refractivity (Wildman–Crippen MR) is 76.8 cm³/mol. The minimum atomic E-state index is -4.34. The molecule has 108 valence electrons. The van der Waals surface area contributed by atoms with Crippen molar-refractivity contribution >= 4 is 12.4 Å². The topological polar surface area (TPSA) is 26.0 Å². The molecular weight excluding hydrogens is 287 g/mol. The third-order valence-electron chi connectivity index (χ3n) is 3.02. The predicted octanol–water partition coefficient (Wildman–Crippen LogP) is 4.56. The van der Waals surface area contributed by atoms with Gasteiger partial charge in [-0.3, -0.25) is 0 Å². The van der Waals surface area contributed by atoms with Crippen molar-refractivity contribution in [2.24, 2.45) is 5.73 Å². The van der Waals surface area contributed by atoms with E-state index in [1.165, 1.54) is 6.07 Å². The molecule has 0 atom stereocenters. The third-order valence-corrected chi connectivity index (χ3v) is 3.02. The van der Waals surface area contributed by atoms with Crippen molar-refractivity contribution in [3.63, 3.8) is 0 Å². The quantitative estimate of drug-likeness (QED) is 0.864. The fourth-order valence-electron chi connectivity index (χ4n) is 1.95. The normalized spacial score (nSPS) is 11.1. The van der Waals surface area contributed by atoms with Gasteiger partial charge in [-0.05, 0) is 35.7 Å². The number of alkyl halides is 3. The van der Waals surface area contributed by atoms with Crippen LogP contribution in [0.4, 0.5) is 13.2 Å². The maximum absolute atomic E-state index is 12.7. The van der Waals surface area contributed by atoms with E-state index < -0.39 is 11.7 Å². The van der Waals surface area contributed by atoms with Crippen LogP contribution in [-0.4, -0.2) is 0 Å². The molecule has 2 rings (SSSR count). The molecule has 0 amide bonds. The van der Waals surface area contributed by atoms with Crippen molar-refractivity contribution in [3.05, 3.63) is 59.2 Å². The van der Waals surface area contributed by atoms with Gasteiger partial charge in [0.2, 0.25) is 0 Å². The summed E-state index contributed by atoms with van der Waals surface area (Å²) in [5.74, 6) is 0. The highest BCUT2D eigenvalue weighted by Gasteiger charge is 2.30. The maximum Gasteiger partial charge on any atom is 0.416 e. The van der Waals surface area contributed by atoms with Gasteiger partial charge < -0.3 is 5.73 Å². The van der Waals surface area contributed by atoms with E-state index in [4.69, 9.17) is 5.73 Å². The van der Waals surface area contributed by atoms with Crippen molar-refractivity contribution in [2.75, 3.05) is 0 Å². The molecule has 0 unspecified atom stereocenters. The van der Waals surface area contributed by atoms with Crippen LogP contribution in [0.2, 0.25) is 0 Å². The van der Waals surface area contributed by atoms with Gasteiger partial charge in [0.15, 0.2) is 0 Å². The summed E-state index contributed by atoms with van der Waals surface area (Å²) >= 11 is 0. The molecule has 2 N–H and O–H groups in total. The van der Waals surface area contributed by atoms with Crippen LogP contribution in [0.15, 0.2) is 42.5 Å². The second kappa shape index (κ2) is 6.29. The van der Waals surface area contributed by atoms with Gasteiger partial charge in [0.05, 0.1) is 5.56 Å². The average Bonchev–Trinajstić information content (AvgIpc) is 2.38. The Balaban J connectivity index is 0.00000200. The average molecular weight is 302 g/mol. The van der Waals surface area contributed by atoms with E-state index in [0.717, 1.165) is 28.8 Å². The Kier molecular flexibility index (Phi) is 5.20. The first-order chi connectivity index (χ1) is 8.91. The molecule has 0 radical (unpaired) electrons. The molecule has 2 aromatic rings. The summed E-state index contributed by atoms with van der Waals surface area (Å²) in [6.45, 7) is 2.04. The highest BCUT2D eigenvalue weighted by molar-refractivity contribution is 5.85. The van der Waals surface area contributed by atoms with Crippen LogP contribution in [0.5, 0.6) is 0 Å². The van der Waals surface area contributed by atoms with Crippen molar-refractivity contribution in [3.8, 4) is 11.1 Å². The van der Waals surface area contributed by atoms with E-state index in [-0.39, 0.29) is 19.0 Å². The summed E-state index contributed by atoms with van der Waals surface area (Å²) in [4.78, 5) is 0. The SMILES string of the molecule is Cc1ccc(-c2ccc(C(F)(F)F)cc2CN)cc1.Cl. The molecule has 5 heteroatoms. The zero-order valence-corrected chi connectivity index (χ0v) is 11.7. The lowest BCUT2D eigenvalue weighted by Gasteiger charge is -2.13. The first kappa shape index (κ1) is 16.5. The van der Waals surface area contributed by atoms with Gasteiger partial charge in [-0.1, -0.05) is 35.9 Å². The maximum atomic E-state index is 12.7. The monoisotopic (exact) mass is 301 g/mol. The van der Waals surface area contributed by atoms with Gasteiger partial charge in [-0.2, -0.15) is 13.2 Å². The fraction of sp³-hybridized carbons (Fsp3) is 0.200. The van der Waals surface area contributed by atoms with Crippen LogP contribution >= 0.6 is 12.4 Å². The van der Waals surface area contributed by atoms with Crippen molar-refractivity contribution in [1.82, 2.24) is 0 Å². The number of aryl methyl sites for hydroxylation is 1. The standard InChI is InChI=1S/C15H14F3N.ClH/c1-10-2-4-11(5-3-10)14-7-6-13(15(16,17)18)8-12(14)9-19;/h2-8H,9,19H2,1H3;1H. The lowest BCUT2D eigenvalue weighted by Crippen LogP contribution is -2.08. The van der Waals surface area contributed by atoms with Crippen LogP contribution in [0.1, 0.15) is 16.7 Å². The van der Waals surface area contributed by atoms with E-state index >= 15 is 0 Å². The number of hydrogen-bond donors (Lipinski definition) is 1.